The van der Waals surface area contributed by atoms with Crippen LogP contribution in [0.3, 0.4) is 0 Å². The van der Waals surface area contributed by atoms with Crippen molar-refractivity contribution in [1.82, 2.24) is 10.3 Å². The summed E-state index contributed by atoms with van der Waals surface area (Å²) in [6.45, 7) is 4.62. The summed E-state index contributed by atoms with van der Waals surface area (Å²) in [5.74, 6) is 0.633. The Morgan fingerprint density at radius 1 is 1.39 bits per heavy atom. The number of amides is 1. The van der Waals surface area contributed by atoms with E-state index < -0.39 is 0 Å². The van der Waals surface area contributed by atoms with Gasteiger partial charge in [-0.3, -0.25) is 4.79 Å². The highest BCUT2D eigenvalue weighted by molar-refractivity contribution is 5.91. The third-order valence-electron chi connectivity index (χ3n) is 3.20. The number of rotatable bonds is 4. The van der Waals surface area contributed by atoms with Gasteiger partial charge in [0.15, 0.2) is 0 Å². The van der Waals surface area contributed by atoms with Crippen molar-refractivity contribution < 1.29 is 9.53 Å². The van der Waals surface area contributed by atoms with Crippen LogP contribution in [0.5, 0.6) is 5.88 Å². The fraction of sp³-hybridized carbons (Fsp3) is 0.286. The van der Waals surface area contributed by atoms with Crippen molar-refractivity contribution in [1.29, 1.82) is 0 Å². The highest BCUT2D eigenvalue weighted by Gasteiger charge is 2.10. The molecule has 1 N–H and O–H groups in total. The molecule has 0 bridgehead atoms. The van der Waals surface area contributed by atoms with Crippen molar-refractivity contribution >= 4 is 17.2 Å². The largest absolute Gasteiger partial charge is 0.481 e. The molecule has 4 heteroatoms. The first-order valence-electron chi connectivity index (χ1n) is 5.78. The standard InChI is InChI=1S/C14H16N2O2/c1-9-6-12-11(4-5-16-14(12)18-3)10(2)13(9)7-15-8-17/h4-6,8H,7H2,1-3H3,(H,15,17). The average molecular weight is 244 g/mol. The molecule has 0 saturated heterocycles. The Bertz CT molecular complexity index is 594. The lowest BCUT2D eigenvalue weighted by Crippen LogP contribution is -2.12. The van der Waals surface area contributed by atoms with E-state index in [0.717, 1.165) is 33.9 Å². The Balaban J connectivity index is 2.66. The molecule has 18 heavy (non-hydrogen) atoms. The summed E-state index contributed by atoms with van der Waals surface area (Å²) < 4.78 is 5.28. The van der Waals surface area contributed by atoms with E-state index in [2.05, 4.69) is 23.3 Å². The van der Waals surface area contributed by atoms with Gasteiger partial charge in [0.1, 0.15) is 0 Å². The lowest BCUT2D eigenvalue weighted by molar-refractivity contribution is -0.109. The van der Waals surface area contributed by atoms with Gasteiger partial charge >= 0.3 is 0 Å². The Morgan fingerprint density at radius 2 is 2.17 bits per heavy atom. The molecular weight excluding hydrogens is 228 g/mol. The van der Waals surface area contributed by atoms with Gasteiger partial charge in [0.25, 0.3) is 0 Å². The monoisotopic (exact) mass is 244 g/mol. The minimum Gasteiger partial charge on any atom is -0.481 e. The van der Waals surface area contributed by atoms with Gasteiger partial charge in [0.05, 0.1) is 7.11 Å². The summed E-state index contributed by atoms with van der Waals surface area (Å²) in [6, 6.07) is 4.02. The van der Waals surface area contributed by atoms with Crippen LogP contribution in [0.2, 0.25) is 0 Å². The van der Waals surface area contributed by atoms with Crippen molar-refractivity contribution in [3.8, 4) is 5.88 Å². The van der Waals surface area contributed by atoms with E-state index in [1.54, 1.807) is 13.3 Å². The third-order valence-corrected chi connectivity index (χ3v) is 3.20. The van der Waals surface area contributed by atoms with E-state index in [0.29, 0.717) is 12.4 Å². The first-order valence-corrected chi connectivity index (χ1v) is 5.78. The van der Waals surface area contributed by atoms with Crippen LogP contribution in [0, 0.1) is 13.8 Å². The third kappa shape index (κ3) is 2.01. The summed E-state index contributed by atoms with van der Waals surface area (Å²) in [4.78, 5) is 14.6. The van der Waals surface area contributed by atoms with Crippen molar-refractivity contribution in [2.75, 3.05) is 7.11 Å². The Hall–Kier alpha value is -2.10. The topological polar surface area (TPSA) is 51.2 Å². The maximum absolute atomic E-state index is 10.4. The van der Waals surface area contributed by atoms with Crippen LogP contribution in [0.25, 0.3) is 10.8 Å². The number of methoxy groups -OCH3 is 1. The van der Waals surface area contributed by atoms with E-state index in [4.69, 9.17) is 4.74 Å². The zero-order chi connectivity index (χ0) is 13.1. The molecular formula is C14H16N2O2. The number of aryl methyl sites for hydroxylation is 2. The molecule has 94 valence electrons. The Kier molecular flexibility index (Phi) is 3.46. The molecule has 0 unspecified atom stereocenters. The van der Waals surface area contributed by atoms with Gasteiger partial charge in [-0.05, 0) is 48.1 Å². The van der Waals surface area contributed by atoms with Crippen LogP contribution in [-0.2, 0) is 11.3 Å². The van der Waals surface area contributed by atoms with Crippen LogP contribution in [0.15, 0.2) is 18.3 Å². The second-order valence-electron chi connectivity index (χ2n) is 4.21. The predicted octanol–water partition coefficient (Wildman–Crippen LogP) is 2.11. The van der Waals surface area contributed by atoms with Crippen molar-refractivity contribution in [2.45, 2.75) is 20.4 Å². The normalized spacial score (nSPS) is 10.4. The number of carbonyl (C=O) groups excluding carboxylic acids is 1. The van der Waals surface area contributed by atoms with Gasteiger partial charge in [-0.25, -0.2) is 4.98 Å². The van der Waals surface area contributed by atoms with Gasteiger partial charge in [-0.15, -0.1) is 0 Å². The van der Waals surface area contributed by atoms with E-state index in [9.17, 15) is 4.79 Å². The van der Waals surface area contributed by atoms with Crippen LogP contribution in [-0.4, -0.2) is 18.5 Å². The molecule has 4 nitrogen and oxygen atoms in total. The molecule has 1 amide bonds. The number of aromatic nitrogens is 1. The van der Waals surface area contributed by atoms with Crippen LogP contribution < -0.4 is 10.1 Å². The summed E-state index contributed by atoms with van der Waals surface area (Å²) in [7, 11) is 1.62. The molecule has 0 fully saturated rings. The molecule has 0 saturated carbocycles. The summed E-state index contributed by atoms with van der Waals surface area (Å²) in [5, 5.41) is 4.82. The van der Waals surface area contributed by atoms with Gasteiger partial charge in [-0.2, -0.15) is 0 Å². The zero-order valence-corrected chi connectivity index (χ0v) is 10.8. The number of ether oxygens (including phenoxy) is 1. The Morgan fingerprint density at radius 3 is 2.83 bits per heavy atom. The van der Waals surface area contributed by atoms with E-state index in [1.165, 1.54) is 0 Å². The average Bonchev–Trinajstić information content (AvgIpc) is 2.38. The molecule has 0 aliphatic heterocycles. The number of nitrogens with zero attached hydrogens (tertiary/aromatic N) is 1. The highest BCUT2D eigenvalue weighted by atomic mass is 16.5. The molecule has 0 radical (unpaired) electrons. The molecule has 0 spiro atoms. The van der Waals surface area contributed by atoms with Crippen molar-refractivity contribution in [3.05, 3.63) is 35.0 Å². The lowest BCUT2D eigenvalue weighted by atomic mass is 9.96. The highest BCUT2D eigenvalue weighted by Crippen LogP contribution is 2.29. The predicted molar refractivity (Wildman–Crippen MR) is 70.7 cm³/mol. The first-order chi connectivity index (χ1) is 8.69. The van der Waals surface area contributed by atoms with Gasteiger partial charge in [0.2, 0.25) is 12.3 Å². The van der Waals surface area contributed by atoms with Crippen molar-refractivity contribution in [3.63, 3.8) is 0 Å². The number of hydrogen-bond donors (Lipinski definition) is 1. The molecule has 2 rings (SSSR count). The van der Waals surface area contributed by atoms with E-state index in [-0.39, 0.29) is 0 Å². The smallest absolute Gasteiger partial charge is 0.221 e. The Labute approximate surface area is 106 Å². The second kappa shape index (κ2) is 5.04. The quantitative estimate of drug-likeness (QED) is 0.838. The number of pyridine rings is 1. The summed E-state index contributed by atoms with van der Waals surface area (Å²) in [5.41, 5.74) is 3.42. The number of fused-ring (bicyclic) bond motifs is 1. The van der Waals surface area contributed by atoms with Gasteiger partial charge in [-0.1, -0.05) is 0 Å². The zero-order valence-electron chi connectivity index (χ0n) is 10.8. The van der Waals surface area contributed by atoms with Gasteiger partial charge < -0.3 is 10.1 Å². The SMILES string of the molecule is COc1nccc2c(C)c(CNC=O)c(C)cc12. The minimum absolute atomic E-state index is 0.543. The summed E-state index contributed by atoms with van der Waals surface area (Å²) in [6.07, 6.45) is 2.46. The fourth-order valence-corrected chi connectivity index (χ4v) is 2.26. The second-order valence-corrected chi connectivity index (χ2v) is 4.21. The molecule has 1 aromatic heterocycles. The number of nitrogens with one attached hydrogen (secondary N) is 1. The summed E-state index contributed by atoms with van der Waals surface area (Å²) >= 11 is 0. The molecule has 1 aromatic carbocycles. The van der Waals surface area contributed by atoms with E-state index in [1.807, 2.05) is 13.0 Å². The minimum atomic E-state index is 0.543. The van der Waals surface area contributed by atoms with E-state index >= 15 is 0 Å². The number of benzene rings is 1. The number of hydrogen-bond acceptors (Lipinski definition) is 3. The maximum Gasteiger partial charge on any atom is 0.221 e. The fourth-order valence-electron chi connectivity index (χ4n) is 2.26. The molecule has 2 aromatic rings. The van der Waals surface area contributed by atoms with Crippen molar-refractivity contribution in [2.24, 2.45) is 0 Å². The molecule has 0 atom stereocenters. The maximum atomic E-state index is 10.4. The van der Waals surface area contributed by atoms with Crippen LogP contribution >= 0.6 is 0 Å². The molecule has 0 aliphatic carbocycles. The van der Waals surface area contributed by atoms with Gasteiger partial charge in [0, 0.05) is 18.1 Å². The first kappa shape index (κ1) is 12.4. The lowest BCUT2D eigenvalue weighted by Gasteiger charge is -2.14. The van der Waals surface area contributed by atoms with Crippen LogP contribution in [0.4, 0.5) is 0 Å². The van der Waals surface area contributed by atoms with Crippen LogP contribution in [0.1, 0.15) is 16.7 Å². The molecule has 1 heterocycles. The number of carbonyl (C=O) groups is 1. The molecule has 0 aliphatic rings.